The van der Waals surface area contributed by atoms with Crippen LogP contribution in [0.1, 0.15) is 0 Å². The maximum atomic E-state index is 0. The molecule has 0 aromatic carbocycles. The maximum Gasteiger partial charge on any atom is 3.00 e. The third-order valence-electron chi connectivity index (χ3n) is 0. The van der Waals surface area contributed by atoms with Gasteiger partial charge in [0.15, 0.2) is 0 Å². The van der Waals surface area contributed by atoms with Crippen molar-refractivity contribution in [2.45, 2.75) is 0 Å². The molecule has 0 aliphatic heterocycles. The maximum absolute atomic E-state index is 0. The summed E-state index contributed by atoms with van der Waals surface area (Å²) in [6.07, 6.45) is 0. The van der Waals surface area contributed by atoms with Crippen molar-refractivity contribution in [1.29, 1.82) is 0 Å². The molecule has 0 saturated carbocycles. The van der Waals surface area contributed by atoms with Crippen LogP contribution >= 0.6 is 0 Å². The molecule has 0 spiro atoms. The molecule has 0 bridgehead atoms. The molecular weight excluding hydrogens is 502 g/mol. The Kier molecular flexibility index (Phi) is 156. The van der Waals surface area contributed by atoms with Crippen LogP contribution in [0.4, 0.5) is 0 Å². The molecule has 0 nitrogen and oxygen atoms in total. The Bertz CT molecular complexity index is 11.6. The molecule has 0 atom stereocenters. The van der Waals surface area contributed by atoms with Crippen LogP contribution in [0.15, 0.2) is 0 Å². The van der Waals surface area contributed by atoms with E-state index in [0.29, 0.717) is 0 Å². The first-order valence-electron chi connectivity index (χ1n) is 0. The monoisotopic (exact) mass is 502 g/mol. The number of hydrogen-bond donors (Lipinski definition) is 0. The van der Waals surface area contributed by atoms with Crippen molar-refractivity contribution in [2.75, 3.05) is 0 Å². The van der Waals surface area contributed by atoms with Crippen molar-refractivity contribution < 1.29 is 125 Å². The van der Waals surface area contributed by atoms with Gasteiger partial charge in [-0.1, -0.05) is 0 Å². The Hall–Kier alpha value is 4.66. The summed E-state index contributed by atoms with van der Waals surface area (Å²) in [6, 6.07) is 0. The molecular formula is AlCrHoTmY+14. The van der Waals surface area contributed by atoms with E-state index in [-0.39, 0.29) is 142 Å². The molecule has 5 heavy (non-hydrogen) atoms. The number of hydrogen-bond acceptors (Lipinski definition) is 0. The van der Waals surface area contributed by atoms with E-state index in [1.165, 1.54) is 0 Å². The van der Waals surface area contributed by atoms with Crippen LogP contribution in [0.25, 0.3) is 0 Å². The minimum atomic E-state index is 0. The van der Waals surface area contributed by atoms with Crippen LogP contribution < -0.4 is 0 Å². The zero-order valence-electron chi connectivity index (χ0n) is 2.14. The van der Waals surface area contributed by atoms with Crippen molar-refractivity contribution in [1.82, 2.24) is 0 Å². The van der Waals surface area contributed by atoms with Crippen LogP contribution in [0.3, 0.4) is 0 Å². The van der Waals surface area contributed by atoms with Gasteiger partial charge in [-0.25, -0.2) is 0 Å². The summed E-state index contributed by atoms with van der Waals surface area (Å²) in [5.74, 6) is 0. The van der Waals surface area contributed by atoms with Crippen LogP contribution in [0.5, 0.6) is 0 Å². The van der Waals surface area contributed by atoms with Crippen molar-refractivity contribution in [3.63, 3.8) is 0 Å². The Balaban J connectivity index is 0. The quantitative estimate of drug-likeness (QED) is 0.397. The molecule has 0 fully saturated rings. The summed E-state index contributed by atoms with van der Waals surface area (Å²) in [6.45, 7) is 0. The van der Waals surface area contributed by atoms with E-state index in [9.17, 15) is 0 Å². The molecule has 0 aromatic rings. The second kappa shape index (κ2) is 23.4. The van der Waals surface area contributed by atoms with Gasteiger partial charge < -0.3 is 0 Å². The molecule has 0 unspecified atom stereocenters. The predicted octanol–water partition coefficient (Wildman–Crippen LogP) is -0.386. The van der Waals surface area contributed by atoms with Crippen LogP contribution in [-0.2, 0) is 50.1 Å². The van der Waals surface area contributed by atoms with Gasteiger partial charge in [-0.15, -0.1) is 0 Å². The molecule has 0 aliphatic carbocycles. The third-order valence-corrected chi connectivity index (χ3v) is 0. The van der Waals surface area contributed by atoms with E-state index in [4.69, 9.17) is 0 Å². The van der Waals surface area contributed by atoms with Crippen molar-refractivity contribution >= 4 is 17.4 Å². The normalized spacial score (nSPS) is 0. The Morgan fingerprint density at radius 2 is 1.00 bits per heavy atom. The van der Waals surface area contributed by atoms with Gasteiger partial charge in [0, 0.05) is 0 Å². The van der Waals surface area contributed by atoms with E-state index in [0.717, 1.165) is 0 Å². The third kappa shape index (κ3) is 17.7. The van der Waals surface area contributed by atoms with Gasteiger partial charge in [0.25, 0.3) is 0 Å². The standard InChI is InChI=1S/Al.Cr.Ho.Tm.Y/q+3;+2;3*+3. The average molecular weight is 502 g/mol. The van der Waals surface area contributed by atoms with Crippen LogP contribution in [-0.4, -0.2) is 17.4 Å². The van der Waals surface area contributed by atoms with Crippen molar-refractivity contribution in [2.24, 2.45) is 0 Å². The minimum absolute atomic E-state index is 0. The van der Waals surface area contributed by atoms with Crippen molar-refractivity contribution in [3.8, 4) is 0 Å². The van der Waals surface area contributed by atoms with Crippen LogP contribution in [0.2, 0.25) is 0 Å². The van der Waals surface area contributed by atoms with E-state index < -0.39 is 0 Å². The van der Waals surface area contributed by atoms with Crippen molar-refractivity contribution in [3.05, 3.63) is 0 Å². The summed E-state index contributed by atoms with van der Waals surface area (Å²) in [5.41, 5.74) is 0. The summed E-state index contributed by atoms with van der Waals surface area (Å²) in [5, 5.41) is 0. The van der Waals surface area contributed by atoms with Gasteiger partial charge in [-0.2, -0.15) is 0 Å². The fourth-order valence-corrected chi connectivity index (χ4v) is 0. The Morgan fingerprint density at radius 1 is 1.00 bits per heavy atom. The molecule has 22 valence electrons. The summed E-state index contributed by atoms with van der Waals surface area (Å²) < 4.78 is 0. The van der Waals surface area contributed by atoms with E-state index in [1.54, 1.807) is 0 Å². The van der Waals surface area contributed by atoms with Gasteiger partial charge in [-0.05, 0) is 0 Å². The Labute approximate surface area is 138 Å². The SMILES string of the molecule is [Al+3].[Cr+2].[Ho+3].[Tm+3].[Y+3]. The first-order valence-corrected chi connectivity index (χ1v) is 0. The van der Waals surface area contributed by atoms with E-state index in [2.05, 4.69) is 0 Å². The molecule has 0 radical (unpaired) electrons. The number of rotatable bonds is 0. The molecule has 0 N–H and O–H groups in total. The molecule has 0 heterocycles. The van der Waals surface area contributed by atoms with Gasteiger partial charge in [0.2, 0.25) is 0 Å². The summed E-state index contributed by atoms with van der Waals surface area (Å²) >= 11 is 0. The molecule has 0 saturated heterocycles. The Morgan fingerprint density at radius 3 is 1.00 bits per heavy atom. The fourth-order valence-electron chi connectivity index (χ4n) is 0. The van der Waals surface area contributed by atoms with Gasteiger partial charge in [0.05, 0.1) is 0 Å². The first-order chi connectivity index (χ1) is 0. The topological polar surface area (TPSA) is 0 Å². The van der Waals surface area contributed by atoms with Gasteiger partial charge >= 0.3 is 142 Å². The molecule has 5 heteroatoms. The zero-order valence-corrected chi connectivity index (χ0v) is 11.1. The van der Waals surface area contributed by atoms with E-state index in [1.807, 2.05) is 0 Å². The average Bonchev–Trinajstić information content (AvgIpc) is 0. The van der Waals surface area contributed by atoms with E-state index >= 15 is 0 Å². The molecule has 0 aliphatic rings. The molecule has 0 aromatic heterocycles. The zero-order chi connectivity index (χ0) is 0. The predicted molar refractivity (Wildman–Crippen MR) is 5.75 cm³/mol. The second-order valence-corrected chi connectivity index (χ2v) is 0. The first kappa shape index (κ1) is 33.4. The largest absolute Gasteiger partial charge is 3.00 e. The molecule has 0 amide bonds. The smallest absolute Gasteiger partial charge is 2.00 e. The fraction of sp³-hybridized carbons (Fsp3) is 0. The molecule has 0 rings (SSSR count). The summed E-state index contributed by atoms with van der Waals surface area (Å²) in [7, 11) is 0. The minimum Gasteiger partial charge on any atom is 2.00 e. The van der Waals surface area contributed by atoms with Crippen LogP contribution in [0, 0.1) is 74.6 Å². The summed E-state index contributed by atoms with van der Waals surface area (Å²) in [4.78, 5) is 0. The second-order valence-electron chi connectivity index (χ2n) is 0. The van der Waals surface area contributed by atoms with Gasteiger partial charge in [0.1, 0.15) is 0 Å². The van der Waals surface area contributed by atoms with Gasteiger partial charge in [-0.3, -0.25) is 0 Å².